The first-order chi connectivity index (χ1) is 11.2. The van der Waals surface area contributed by atoms with Gasteiger partial charge in [0.25, 0.3) is 0 Å². The van der Waals surface area contributed by atoms with Crippen LogP contribution in [0.5, 0.6) is 5.75 Å². The lowest BCUT2D eigenvalue weighted by Crippen LogP contribution is -2.43. The first-order valence-electron chi connectivity index (χ1n) is 8.51. The molecule has 1 unspecified atom stereocenters. The zero-order chi connectivity index (χ0) is 16.5. The minimum absolute atomic E-state index is 0. The van der Waals surface area contributed by atoms with Crippen molar-refractivity contribution in [2.45, 2.75) is 26.3 Å². The number of rotatable bonds is 6. The summed E-state index contributed by atoms with van der Waals surface area (Å²) in [6.45, 7) is 7.46. The number of likely N-dealkylation sites (tertiary alicyclic amines) is 1. The molecule has 0 spiro atoms. The topological polar surface area (TPSA) is 48.9 Å². The highest BCUT2D eigenvalue weighted by Crippen LogP contribution is 2.16. The predicted molar refractivity (Wildman–Crippen MR) is 111 cm³/mol. The molecular formula is C18H31IN4O. The average molecular weight is 446 g/mol. The summed E-state index contributed by atoms with van der Waals surface area (Å²) < 4.78 is 5.37. The van der Waals surface area contributed by atoms with Gasteiger partial charge in [-0.15, -0.1) is 24.0 Å². The van der Waals surface area contributed by atoms with Crippen LogP contribution in [0.15, 0.2) is 29.3 Å². The van der Waals surface area contributed by atoms with Crippen LogP contribution in [0.2, 0.25) is 0 Å². The zero-order valence-corrected chi connectivity index (χ0v) is 17.4. The molecule has 6 heteroatoms. The third-order valence-corrected chi connectivity index (χ3v) is 4.32. The molecule has 1 aliphatic heterocycles. The van der Waals surface area contributed by atoms with Crippen LogP contribution in [0.25, 0.3) is 0 Å². The molecule has 0 saturated carbocycles. The van der Waals surface area contributed by atoms with Crippen LogP contribution in [0.3, 0.4) is 0 Å². The Morgan fingerprint density at radius 1 is 1.33 bits per heavy atom. The summed E-state index contributed by atoms with van der Waals surface area (Å²) in [6, 6.07) is 8.04. The number of nitrogens with zero attached hydrogens (tertiary/aromatic N) is 2. The van der Waals surface area contributed by atoms with E-state index in [1.54, 1.807) is 14.2 Å². The van der Waals surface area contributed by atoms with Gasteiger partial charge in [-0.3, -0.25) is 4.99 Å². The highest BCUT2D eigenvalue weighted by Gasteiger charge is 2.15. The van der Waals surface area contributed by atoms with E-state index in [4.69, 9.17) is 4.74 Å². The SMILES string of the molecule is CN=C(NCCN1CCCC(C)C1)NCc1ccccc1OC.I. The number of aliphatic imine (C=N–C) groups is 1. The Balaban J connectivity index is 0.00000288. The molecule has 24 heavy (non-hydrogen) atoms. The number of benzene rings is 1. The lowest BCUT2D eigenvalue weighted by Gasteiger charge is -2.30. The van der Waals surface area contributed by atoms with E-state index >= 15 is 0 Å². The molecule has 2 rings (SSSR count). The number of piperidine rings is 1. The molecule has 136 valence electrons. The number of nitrogens with one attached hydrogen (secondary N) is 2. The van der Waals surface area contributed by atoms with Gasteiger partial charge in [0.05, 0.1) is 7.11 Å². The Kier molecular flexibility index (Phi) is 10.1. The van der Waals surface area contributed by atoms with Gasteiger partial charge in [0.1, 0.15) is 5.75 Å². The fourth-order valence-electron chi connectivity index (χ4n) is 3.07. The molecule has 0 bridgehead atoms. The monoisotopic (exact) mass is 446 g/mol. The second-order valence-corrected chi connectivity index (χ2v) is 6.21. The van der Waals surface area contributed by atoms with Crippen LogP contribution in [0, 0.1) is 5.92 Å². The van der Waals surface area contributed by atoms with E-state index in [1.165, 1.54) is 25.9 Å². The second kappa shape index (κ2) is 11.5. The Morgan fingerprint density at radius 2 is 2.12 bits per heavy atom. The first-order valence-corrected chi connectivity index (χ1v) is 8.51. The van der Waals surface area contributed by atoms with Gasteiger partial charge in [-0.2, -0.15) is 0 Å². The first kappa shape index (κ1) is 21.0. The molecule has 0 amide bonds. The lowest BCUT2D eigenvalue weighted by atomic mass is 10.0. The summed E-state index contributed by atoms with van der Waals surface area (Å²) in [5.74, 6) is 2.56. The Bertz CT molecular complexity index is 510. The Morgan fingerprint density at radius 3 is 2.83 bits per heavy atom. The van der Waals surface area contributed by atoms with Crippen LogP contribution in [0.4, 0.5) is 0 Å². The second-order valence-electron chi connectivity index (χ2n) is 6.21. The van der Waals surface area contributed by atoms with Crippen molar-refractivity contribution >= 4 is 29.9 Å². The molecule has 1 heterocycles. The summed E-state index contributed by atoms with van der Waals surface area (Å²) in [6.07, 6.45) is 2.69. The standard InChI is InChI=1S/C18H30N4O.HI/c1-15-7-6-11-22(14-15)12-10-20-18(19-2)21-13-16-8-4-5-9-17(16)23-3;/h4-5,8-9,15H,6-7,10-14H2,1-3H3,(H2,19,20,21);1H. The molecule has 1 fully saturated rings. The van der Waals surface area contributed by atoms with Crippen molar-refractivity contribution in [3.8, 4) is 5.75 Å². The van der Waals surface area contributed by atoms with E-state index in [9.17, 15) is 0 Å². The number of ether oxygens (including phenoxy) is 1. The molecule has 0 aromatic heterocycles. The van der Waals surface area contributed by atoms with Gasteiger partial charge in [0, 0.05) is 38.8 Å². The highest BCUT2D eigenvalue weighted by atomic mass is 127. The number of halogens is 1. The van der Waals surface area contributed by atoms with Crippen molar-refractivity contribution in [1.29, 1.82) is 0 Å². The van der Waals surface area contributed by atoms with E-state index in [0.29, 0.717) is 6.54 Å². The van der Waals surface area contributed by atoms with E-state index in [-0.39, 0.29) is 24.0 Å². The third kappa shape index (κ3) is 6.84. The molecule has 1 atom stereocenters. The molecule has 1 saturated heterocycles. The quantitative estimate of drug-likeness (QED) is 0.401. The van der Waals surface area contributed by atoms with Crippen molar-refractivity contribution < 1.29 is 4.74 Å². The lowest BCUT2D eigenvalue weighted by molar-refractivity contribution is 0.187. The molecular weight excluding hydrogens is 415 g/mol. The molecule has 1 aromatic carbocycles. The van der Waals surface area contributed by atoms with E-state index < -0.39 is 0 Å². The molecule has 5 nitrogen and oxygen atoms in total. The Labute approximate surface area is 163 Å². The van der Waals surface area contributed by atoms with Crippen molar-refractivity contribution in [2.24, 2.45) is 10.9 Å². The number of methoxy groups -OCH3 is 1. The fraction of sp³-hybridized carbons (Fsp3) is 0.611. The van der Waals surface area contributed by atoms with Crippen molar-refractivity contribution in [3.05, 3.63) is 29.8 Å². The largest absolute Gasteiger partial charge is 0.496 e. The van der Waals surface area contributed by atoms with Gasteiger partial charge in [-0.05, 0) is 31.4 Å². The highest BCUT2D eigenvalue weighted by molar-refractivity contribution is 14.0. The van der Waals surface area contributed by atoms with Crippen LogP contribution in [0.1, 0.15) is 25.3 Å². The smallest absolute Gasteiger partial charge is 0.191 e. The third-order valence-electron chi connectivity index (χ3n) is 4.32. The van der Waals surface area contributed by atoms with E-state index in [1.807, 2.05) is 18.2 Å². The number of hydrogen-bond acceptors (Lipinski definition) is 3. The van der Waals surface area contributed by atoms with Crippen LogP contribution in [-0.4, -0.2) is 51.2 Å². The van der Waals surface area contributed by atoms with Gasteiger partial charge >= 0.3 is 0 Å². The van der Waals surface area contributed by atoms with Crippen LogP contribution >= 0.6 is 24.0 Å². The zero-order valence-electron chi connectivity index (χ0n) is 15.0. The van der Waals surface area contributed by atoms with Gasteiger partial charge in [-0.1, -0.05) is 25.1 Å². The summed E-state index contributed by atoms with van der Waals surface area (Å²) in [5.41, 5.74) is 1.13. The maximum Gasteiger partial charge on any atom is 0.191 e. The number of hydrogen-bond donors (Lipinski definition) is 2. The maximum absolute atomic E-state index is 5.37. The number of para-hydroxylation sites is 1. The summed E-state index contributed by atoms with van der Waals surface area (Å²) in [4.78, 5) is 6.83. The van der Waals surface area contributed by atoms with Gasteiger partial charge in [0.2, 0.25) is 0 Å². The molecule has 0 radical (unpaired) electrons. The molecule has 0 aliphatic carbocycles. The fourth-order valence-corrected chi connectivity index (χ4v) is 3.07. The van der Waals surface area contributed by atoms with Crippen LogP contribution in [-0.2, 0) is 6.54 Å². The summed E-state index contributed by atoms with van der Waals surface area (Å²) >= 11 is 0. The summed E-state index contributed by atoms with van der Waals surface area (Å²) in [5, 5.41) is 6.74. The predicted octanol–water partition coefficient (Wildman–Crippen LogP) is 2.71. The van der Waals surface area contributed by atoms with Crippen molar-refractivity contribution in [3.63, 3.8) is 0 Å². The maximum atomic E-state index is 5.37. The Hall–Kier alpha value is -1.02. The molecule has 1 aliphatic rings. The van der Waals surface area contributed by atoms with Gasteiger partial charge in [-0.25, -0.2) is 0 Å². The van der Waals surface area contributed by atoms with Gasteiger partial charge in [0.15, 0.2) is 5.96 Å². The van der Waals surface area contributed by atoms with Gasteiger partial charge < -0.3 is 20.3 Å². The van der Waals surface area contributed by atoms with Crippen molar-refractivity contribution in [1.82, 2.24) is 15.5 Å². The number of guanidine groups is 1. The van der Waals surface area contributed by atoms with E-state index in [2.05, 4.69) is 33.5 Å². The molecule has 2 N–H and O–H groups in total. The molecule has 1 aromatic rings. The van der Waals surface area contributed by atoms with Crippen LogP contribution < -0.4 is 15.4 Å². The van der Waals surface area contributed by atoms with Crippen molar-refractivity contribution in [2.75, 3.05) is 40.3 Å². The average Bonchev–Trinajstić information content (AvgIpc) is 2.58. The minimum atomic E-state index is 0. The summed E-state index contributed by atoms with van der Waals surface area (Å²) in [7, 11) is 3.51. The van der Waals surface area contributed by atoms with E-state index in [0.717, 1.165) is 36.3 Å². The normalized spacial score (nSPS) is 18.6. The minimum Gasteiger partial charge on any atom is -0.496 e.